The Morgan fingerprint density at radius 2 is 2.00 bits per heavy atom. The van der Waals surface area contributed by atoms with Gasteiger partial charge < -0.3 is 24.3 Å². The second-order valence-corrected chi connectivity index (χ2v) is 9.77. The van der Waals surface area contributed by atoms with Crippen molar-refractivity contribution in [1.82, 2.24) is 15.2 Å². The standard InChI is InChI=1S/C24H34N4O3/c1-15(2)20-14-30-11-10-28(20)24-26-22-19(8-5-9-21(22)31-24)23(29)25-16-12-17-6-4-7-18(13-16)27(17)3/h5,8-9,15-18,20H,4,6-7,10-14H2,1-3H3,(H,25,29)/t16?,17?,18?,20-/m0/s1. The third-order valence-corrected chi connectivity index (χ3v) is 7.51. The number of hydrogen-bond donors (Lipinski definition) is 1. The number of nitrogens with zero attached hydrogens (tertiary/aromatic N) is 3. The first kappa shape index (κ1) is 20.8. The molecule has 2 bridgehead atoms. The summed E-state index contributed by atoms with van der Waals surface area (Å²) in [6.45, 7) is 6.45. The SMILES string of the molecule is CC(C)[C@@H]1COCCN1c1nc2c(C(=O)NC3CC4CCCC(C3)N4C)cccc2o1. The van der Waals surface area contributed by atoms with Gasteiger partial charge in [-0.1, -0.05) is 26.3 Å². The molecule has 4 heterocycles. The number of morpholine rings is 1. The maximum Gasteiger partial charge on any atom is 0.298 e. The number of benzene rings is 1. The van der Waals surface area contributed by atoms with E-state index in [2.05, 4.69) is 36.0 Å². The van der Waals surface area contributed by atoms with Gasteiger partial charge in [0.2, 0.25) is 0 Å². The number of fused-ring (bicyclic) bond motifs is 3. The van der Waals surface area contributed by atoms with Crippen molar-refractivity contribution in [1.29, 1.82) is 0 Å². The lowest BCUT2D eigenvalue weighted by atomic mass is 9.82. The first-order valence-electron chi connectivity index (χ1n) is 11.8. The lowest BCUT2D eigenvalue weighted by Crippen LogP contribution is -2.55. The Labute approximate surface area is 184 Å². The van der Waals surface area contributed by atoms with E-state index in [1.165, 1.54) is 19.3 Å². The van der Waals surface area contributed by atoms with Crippen LogP contribution in [0.1, 0.15) is 56.3 Å². The number of anilines is 1. The van der Waals surface area contributed by atoms with Crippen LogP contribution < -0.4 is 10.2 Å². The fraction of sp³-hybridized carbons (Fsp3) is 0.667. The van der Waals surface area contributed by atoms with Gasteiger partial charge in [0.1, 0.15) is 5.52 Å². The van der Waals surface area contributed by atoms with Crippen molar-refractivity contribution >= 4 is 23.0 Å². The predicted octanol–water partition coefficient (Wildman–Crippen LogP) is 3.43. The lowest BCUT2D eigenvalue weighted by Gasteiger charge is -2.47. The number of aromatic nitrogens is 1. The van der Waals surface area contributed by atoms with Gasteiger partial charge in [-0.15, -0.1) is 0 Å². The molecule has 168 valence electrons. The Bertz CT molecular complexity index is 928. The van der Waals surface area contributed by atoms with Crippen molar-refractivity contribution in [3.63, 3.8) is 0 Å². The van der Waals surface area contributed by atoms with Crippen LogP contribution in [0.4, 0.5) is 6.01 Å². The number of hydrogen-bond acceptors (Lipinski definition) is 6. The molecule has 7 heteroatoms. The van der Waals surface area contributed by atoms with Crippen LogP contribution >= 0.6 is 0 Å². The fourth-order valence-corrected chi connectivity index (χ4v) is 5.65. The summed E-state index contributed by atoms with van der Waals surface area (Å²) in [5.41, 5.74) is 1.92. The smallest absolute Gasteiger partial charge is 0.298 e. The number of para-hydroxylation sites is 1. The van der Waals surface area contributed by atoms with Gasteiger partial charge in [0, 0.05) is 24.7 Å². The molecule has 1 aromatic heterocycles. The Morgan fingerprint density at radius 1 is 1.23 bits per heavy atom. The second kappa shape index (κ2) is 8.43. The highest BCUT2D eigenvalue weighted by Gasteiger charge is 2.37. The number of carbonyl (C=O) groups is 1. The number of amides is 1. The zero-order chi connectivity index (χ0) is 21.5. The maximum atomic E-state index is 13.2. The highest BCUT2D eigenvalue weighted by Crippen LogP contribution is 2.33. The molecular formula is C24H34N4O3. The molecule has 31 heavy (non-hydrogen) atoms. The Hall–Kier alpha value is -2.12. The average molecular weight is 427 g/mol. The first-order chi connectivity index (χ1) is 15.0. The summed E-state index contributed by atoms with van der Waals surface area (Å²) >= 11 is 0. The highest BCUT2D eigenvalue weighted by atomic mass is 16.5. The number of rotatable bonds is 4. The molecule has 3 aliphatic heterocycles. The molecule has 3 saturated heterocycles. The van der Waals surface area contributed by atoms with E-state index in [1.807, 2.05) is 18.2 Å². The second-order valence-electron chi connectivity index (χ2n) is 9.77. The minimum atomic E-state index is -0.0412. The molecule has 1 amide bonds. The van der Waals surface area contributed by atoms with E-state index < -0.39 is 0 Å². The number of oxazole rings is 1. The normalized spacial score (nSPS) is 29.5. The Kier molecular flexibility index (Phi) is 5.65. The number of ether oxygens (including phenoxy) is 1. The van der Waals surface area contributed by atoms with Gasteiger partial charge in [0.05, 0.1) is 24.8 Å². The molecule has 2 unspecified atom stereocenters. The molecule has 7 nitrogen and oxygen atoms in total. The maximum absolute atomic E-state index is 13.2. The van der Waals surface area contributed by atoms with Gasteiger partial charge in [-0.2, -0.15) is 4.98 Å². The molecule has 1 N–H and O–H groups in total. The number of carbonyl (C=O) groups excluding carboxylic acids is 1. The van der Waals surface area contributed by atoms with Crippen LogP contribution in [0.25, 0.3) is 11.1 Å². The zero-order valence-electron chi connectivity index (χ0n) is 18.8. The summed E-state index contributed by atoms with van der Waals surface area (Å²) in [6.07, 6.45) is 5.84. The summed E-state index contributed by atoms with van der Waals surface area (Å²) in [6, 6.07) is 7.85. The summed E-state index contributed by atoms with van der Waals surface area (Å²) < 4.78 is 11.8. The third kappa shape index (κ3) is 3.94. The van der Waals surface area contributed by atoms with Crippen LogP contribution in [0.2, 0.25) is 0 Å². The Morgan fingerprint density at radius 3 is 2.74 bits per heavy atom. The minimum Gasteiger partial charge on any atom is -0.423 e. The topological polar surface area (TPSA) is 70.8 Å². The van der Waals surface area contributed by atoms with E-state index >= 15 is 0 Å². The van der Waals surface area contributed by atoms with Crippen molar-refractivity contribution in [3.8, 4) is 0 Å². The molecular weight excluding hydrogens is 392 g/mol. The quantitative estimate of drug-likeness (QED) is 0.808. The zero-order valence-corrected chi connectivity index (χ0v) is 18.8. The van der Waals surface area contributed by atoms with Gasteiger partial charge in [0.15, 0.2) is 5.58 Å². The molecule has 0 radical (unpaired) electrons. The monoisotopic (exact) mass is 426 g/mol. The largest absolute Gasteiger partial charge is 0.423 e. The summed E-state index contributed by atoms with van der Waals surface area (Å²) in [5, 5.41) is 3.31. The highest BCUT2D eigenvalue weighted by molar-refractivity contribution is 6.04. The van der Waals surface area contributed by atoms with E-state index in [4.69, 9.17) is 14.1 Å². The first-order valence-corrected chi connectivity index (χ1v) is 11.8. The minimum absolute atomic E-state index is 0.0412. The summed E-state index contributed by atoms with van der Waals surface area (Å²) in [5.74, 6) is 0.377. The molecule has 3 fully saturated rings. The van der Waals surface area contributed by atoms with Gasteiger partial charge >= 0.3 is 0 Å². The van der Waals surface area contributed by atoms with E-state index in [0.717, 1.165) is 19.4 Å². The average Bonchev–Trinajstić information content (AvgIpc) is 3.18. The van der Waals surface area contributed by atoms with E-state index in [-0.39, 0.29) is 18.0 Å². The third-order valence-electron chi connectivity index (χ3n) is 7.51. The van der Waals surface area contributed by atoms with Gasteiger partial charge in [-0.25, -0.2) is 0 Å². The molecule has 0 spiro atoms. The van der Waals surface area contributed by atoms with Crippen molar-refractivity contribution in [2.24, 2.45) is 5.92 Å². The Balaban J connectivity index is 1.37. The van der Waals surface area contributed by atoms with Crippen LogP contribution in [0.15, 0.2) is 22.6 Å². The van der Waals surface area contributed by atoms with E-state index in [9.17, 15) is 4.79 Å². The summed E-state index contributed by atoms with van der Waals surface area (Å²) in [4.78, 5) is 22.7. The van der Waals surface area contributed by atoms with Crippen LogP contribution in [0, 0.1) is 5.92 Å². The van der Waals surface area contributed by atoms with Crippen LogP contribution in [-0.2, 0) is 4.74 Å². The van der Waals surface area contributed by atoms with Crippen LogP contribution in [0.3, 0.4) is 0 Å². The fourth-order valence-electron chi connectivity index (χ4n) is 5.65. The number of piperidine rings is 2. The van der Waals surface area contributed by atoms with Gasteiger partial charge in [-0.3, -0.25) is 4.79 Å². The predicted molar refractivity (Wildman–Crippen MR) is 120 cm³/mol. The van der Waals surface area contributed by atoms with Gasteiger partial charge in [-0.05, 0) is 50.8 Å². The molecule has 2 aromatic rings. The van der Waals surface area contributed by atoms with Crippen molar-refractivity contribution in [2.45, 2.75) is 70.1 Å². The van der Waals surface area contributed by atoms with E-state index in [0.29, 0.717) is 53.9 Å². The van der Waals surface area contributed by atoms with Crippen molar-refractivity contribution in [3.05, 3.63) is 23.8 Å². The van der Waals surface area contributed by atoms with Gasteiger partial charge in [0.25, 0.3) is 11.9 Å². The molecule has 3 atom stereocenters. The van der Waals surface area contributed by atoms with Crippen molar-refractivity contribution in [2.75, 3.05) is 31.7 Å². The van der Waals surface area contributed by atoms with Crippen LogP contribution in [-0.4, -0.2) is 66.8 Å². The summed E-state index contributed by atoms with van der Waals surface area (Å²) in [7, 11) is 2.24. The molecule has 5 rings (SSSR count). The lowest BCUT2D eigenvalue weighted by molar-refractivity contribution is 0.0463. The van der Waals surface area contributed by atoms with Crippen molar-refractivity contribution < 1.29 is 13.9 Å². The molecule has 0 saturated carbocycles. The van der Waals surface area contributed by atoms with E-state index in [1.54, 1.807) is 0 Å². The number of nitrogens with one attached hydrogen (secondary N) is 1. The molecule has 3 aliphatic rings. The molecule has 1 aromatic carbocycles. The molecule has 0 aliphatic carbocycles. The van der Waals surface area contributed by atoms with Crippen LogP contribution in [0.5, 0.6) is 0 Å².